The van der Waals surface area contributed by atoms with Crippen molar-refractivity contribution in [3.8, 4) is 17.5 Å². The molecule has 0 saturated heterocycles. The van der Waals surface area contributed by atoms with Crippen LogP contribution in [0, 0.1) is 11.8 Å². The van der Waals surface area contributed by atoms with Crippen LogP contribution < -0.4 is 5.43 Å². The second-order valence-electron chi connectivity index (χ2n) is 6.21. The van der Waals surface area contributed by atoms with E-state index in [1.807, 2.05) is 36.4 Å². The molecule has 5 nitrogen and oxygen atoms in total. The van der Waals surface area contributed by atoms with Gasteiger partial charge in [-0.05, 0) is 49.4 Å². The van der Waals surface area contributed by atoms with Gasteiger partial charge in [0.1, 0.15) is 5.65 Å². The van der Waals surface area contributed by atoms with Crippen molar-refractivity contribution in [2.24, 2.45) is 0 Å². The maximum Gasteiger partial charge on any atom is 0.201 e. The molecule has 4 aromatic rings. The summed E-state index contributed by atoms with van der Waals surface area (Å²) >= 11 is 0. The second kappa shape index (κ2) is 7.29. The van der Waals surface area contributed by atoms with Crippen molar-refractivity contribution in [2.45, 2.75) is 6.92 Å². The molecule has 0 unspecified atom stereocenters. The Hall–Kier alpha value is -4.04. The predicted molar refractivity (Wildman–Crippen MR) is 108 cm³/mol. The van der Waals surface area contributed by atoms with E-state index in [2.05, 4.69) is 21.8 Å². The molecule has 0 aliphatic rings. The molecule has 0 N–H and O–H groups in total. The molecule has 0 bridgehead atoms. The van der Waals surface area contributed by atoms with Gasteiger partial charge < -0.3 is 4.57 Å². The van der Waals surface area contributed by atoms with E-state index < -0.39 is 0 Å². The Labute approximate surface area is 161 Å². The van der Waals surface area contributed by atoms with Gasteiger partial charge in [0.2, 0.25) is 5.43 Å². The van der Waals surface area contributed by atoms with Crippen LogP contribution in [0.5, 0.6) is 0 Å². The van der Waals surface area contributed by atoms with E-state index in [0.717, 1.165) is 16.8 Å². The largest absolute Gasteiger partial charge is 0.300 e. The number of rotatable bonds is 2. The van der Waals surface area contributed by atoms with Crippen LogP contribution in [0.15, 0.2) is 78.1 Å². The molecule has 5 heteroatoms. The van der Waals surface area contributed by atoms with Gasteiger partial charge in [0.05, 0.1) is 10.9 Å². The van der Waals surface area contributed by atoms with Crippen molar-refractivity contribution in [1.29, 1.82) is 0 Å². The minimum Gasteiger partial charge on any atom is -0.300 e. The van der Waals surface area contributed by atoms with Crippen molar-refractivity contribution in [1.82, 2.24) is 14.5 Å². The lowest BCUT2D eigenvalue weighted by atomic mass is 10.1. The number of pyridine rings is 3. The third-order valence-corrected chi connectivity index (χ3v) is 4.28. The number of benzene rings is 1. The van der Waals surface area contributed by atoms with Crippen molar-refractivity contribution in [2.75, 3.05) is 0 Å². The first-order valence-electron chi connectivity index (χ1n) is 8.67. The molecule has 3 heterocycles. The molecule has 0 fully saturated rings. The van der Waals surface area contributed by atoms with E-state index in [1.54, 1.807) is 41.5 Å². The fraction of sp³-hybridized carbons (Fsp3) is 0.0435. The van der Waals surface area contributed by atoms with Crippen LogP contribution in [0.2, 0.25) is 0 Å². The molecule has 0 radical (unpaired) electrons. The normalized spacial score (nSPS) is 10.3. The van der Waals surface area contributed by atoms with Gasteiger partial charge in [0, 0.05) is 41.6 Å². The molecule has 0 spiro atoms. The quantitative estimate of drug-likeness (QED) is 0.403. The summed E-state index contributed by atoms with van der Waals surface area (Å²) in [7, 11) is 0. The first kappa shape index (κ1) is 17.4. The summed E-state index contributed by atoms with van der Waals surface area (Å²) in [5, 5.41) is 0.405. The third-order valence-electron chi connectivity index (χ3n) is 4.28. The summed E-state index contributed by atoms with van der Waals surface area (Å²) in [4.78, 5) is 32.9. The standard InChI is InChI=1S/C23H15N3O2/c1-16(27)21-15-26(23-20(22(21)28)8-4-12-25-23)19-7-2-5-17(13-19)9-10-18-6-3-11-24-14-18/h2-8,11-15H,1H3. The number of fused-ring (bicyclic) bond motifs is 1. The van der Waals surface area contributed by atoms with Crippen LogP contribution >= 0.6 is 0 Å². The first-order valence-corrected chi connectivity index (χ1v) is 8.67. The monoisotopic (exact) mass is 365 g/mol. The smallest absolute Gasteiger partial charge is 0.201 e. The molecule has 0 amide bonds. The van der Waals surface area contributed by atoms with E-state index in [0.29, 0.717) is 11.0 Å². The van der Waals surface area contributed by atoms with E-state index in [4.69, 9.17) is 0 Å². The fourth-order valence-electron chi connectivity index (χ4n) is 2.92. The minimum atomic E-state index is -0.306. The molecular weight excluding hydrogens is 350 g/mol. The molecule has 0 atom stereocenters. The highest BCUT2D eigenvalue weighted by Crippen LogP contribution is 2.17. The van der Waals surface area contributed by atoms with Crippen molar-refractivity contribution in [3.63, 3.8) is 0 Å². The van der Waals surface area contributed by atoms with Crippen molar-refractivity contribution >= 4 is 16.8 Å². The number of hydrogen-bond acceptors (Lipinski definition) is 4. The Balaban J connectivity index is 1.88. The Morgan fingerprint density at radius 3 is 2.57 bits per heavy atom. The summed E-state index contributed by atoms with van der Waals surface area (Å²) in [5.41, 5.74) is 2.71. The van der Waals surface area contributed by atoms with E-state index in [9.17, 15) is 9.59 Å². The maximum absolute atomic E-state index is 12.6. The van der Waals surface area contributed by atoms with Crippen molar-refractivity contribution in [3.05, 3.63) is 100 Å². The molecule has 0 saturated carbocycles. The lowest BCUT2D eigenvalue weighted by molar-refractivity contribution is 0.101. The average molecular weight is 365 g/mol. The number of nitrogens with zero attached hydrogens (tertiary/aromatic N) is 3. The van der Waals surface area contributed by atoms with Crippen LogP contribution in [0.4, 0.5) is 0 Å². The molecule has 3 aromatic heterocycles. The fourth-order valence-corrected chi connectivity index (χ4v) is 2.92. The van der Waals surface area contributed by atoms with Crippen LogP contribution in [0.1, 0.15) is 28.4 Å². The third kappa shape index (κ3) is 3.31. The van der Waals surface area contributed by atoms with Gasteiger partial charge in [-0.1, -0.05) is 17.9 Å². The number of carbonyl (C=O) groups is 1. The van der Waals surface area contributed by atoms with Gasteiger partial charge in [0.25, 0.3) is 0 Å². The minimum absolute atomic E-state index is 0.132. The lowest BCUT2D eigenvalue weighted by Gasteiger charge is -2.12. The van der Waals surface area contributed by atoms with Gasteiger partial charge in [-0.15, -0.1) is 0 Å². The first-order chi connectivity index (χ1) is 13.6. The molecule has 0 aliphatic heterocycles. The van der Waals surface area contributed by atoms with E-state index in [-0.39, 0.29) is 16.8 Å². The van der Waals surface area contributed by atoms with E-state index in [1.165, 1.54) is 6.92 Å². The van der Waals surface area contributed by atoms with Gasteiger partial charge in [-0.3, -0.25) is 14.6 Å². The Morgan fingerprint density at radius 2 is 1.79 bits per heavy atom. The zero-order valence-electron chi connectivity index (χ0n) is 15.1. The summed E-state index contributed by atoms with van der Waals surface area (Å²) in [5.74, 6) is 5.91. The number of carbonyl (C=O) groups excluding carboxylic acids is 1. The molecule has 134 valence electrons. The number of ketones is 1. The van der Waals surface area contributed by atoms with Crippen LogP contribution in [0.3, 0.4) is 0 Å². The summed E-state index contributed by atoms with van der Waals surface area (Å²) in [6, 6.07) is 14.7. The number of aromatic nitrogens is 3. The molecule has 4 rings (SSSR count). The van der Waals surface area contributed by atoms with Gasteiger partial charge in [0.15, 0.2) is 5.78 Å². The SMILES string of the molecule is CC(=O)c1cn(-c2cccc(C#Cc3cccnc3)c2)c2ncccc2c1=O. The summed E-state index contributed by atoms with van der Waals surface area (Å²) < 4.78 is 1.75. The van der Waals surface area contributed by atoms with Gasteiger partial charge in [-0.2, -0.15) is 0 Å². The molecule has 0 aliphatic carbocycles. The highest BCUT2D eigenvalue weighted by atomic mass is 16.1. The highest BCUT2D eigenvalue weighted by molar-refractivity contribution is 5.97. The molecule has 1 aromatic carbocycles. The highest BCUT2D eigenvalue weighted by Gasteiger charge is 2.14. The van der Waals surface area contributed by atoms with Crippen LogP contribution in [-0.4, -0.2) is 20.3 Å². The van der Waals surface area contributed by atoms with Crippen LogP contribution in [-0.2, 0) is 0 Å². The van der Waals surface area contributed by atoms with Gasteiger partial charge >= 0.3 is 0 Å². The number of Topliss-reactive ketones (excluding diaryl/α,β-unsaturated/α-hetero) is 1. The Bertz CT molecular complexity index is 1310. The lowest BCUT2D eigenvalue weighted by Crippen LogP contribution is -2.17. The van der Waals surface area contributed by atoms with Crippen LogP contribution in [0.25, 0.3) is 16.7 Å². The summed E-state index contributed by atoms with van der Waals surface area (Å²) in [6.07, 6.45) is 6.58. The Kier molecular flexibility index (Phi) is 4.53. The van der Waals surface area contributed by atoms with Gasteiger partial charge in [-0.25, -0.2) is 4.98 Å². The summed E-state index contributed by atoms with van der Waals surface area (Å²) in [6.45, 7) is 1.39. The molecular formula is C23H15N3O2. The average Bonchev–Trinajstić information content (AvgIpc) is 2.73. The number of hydrogen-bond donors (Lipinski definition) is 0. The predicted octanol–water partition coefficient (Wildman–Crippen LogP) is 3.38. The Morgan fingerprint density at radius 1 is 1.00 bits per heavy atom. The molecule has 28 heavy (non-hydrogen) atoms. The zero-order valence-corrected chi connectivity index (χ0v) is 15.1. The van der Waals surface area contributed by atoms with Crippen molar-refractivity contribution < 1.29 is 4.79 Å². The topological polar surface area (TPSA) is 64.8 Å². The maximum atomic E-state index is 12.6. The van der Waals surface area contributed by atoms with E-state index >= 15 is 0 Å². The second-order valence-corrected chi connectivity index (χ2v) is 6.21. The zero-order chi connectivity index (χ0) is 19.5.